The molecule has 1 saturated heterocycles. The summed E-state index contributed by atoms with van der Waals surface area (Å²) >= 11 is 6.09. The molecule has 0 unspecified atom stereocenters. The summed E-state index contributed by atoms with van der Waals surface area (Å²) in [5.74, 6) is 0.909. The highest BCUT2D eigenvalue weighted by Gasteiger charge is 2.19. The highest BCUT2D eigenvalue weighted by atomic mass is 35.5. The minimum atomic E-state index is -0.0281. The highest BCUT2D eigenvalue weighted by Crippen LogP contribution is 2.20. The Balaban J connectivity index is 1.36. The van der Waals surface area contributed by atoms with Crippen molar-refractivity contribution < 1.29 is 9.53 Å². The van der Waals surface area contributed by atoms with E-state index >= 15 is 0 Å². The zero-order chi connectivity index (χ0) is 19.9. The maximum atomic E-state index is 12.3. The average Bonchev–Trinajstić information content (AvgIpc) is 2.64. The molecule has 0 bridgehead atoms. The first-order valence-electron chi connectivity index (χ1n) is 9.70. The van der Waals surface area contributed by atoms with Gasteiger partial charge in [-0.1, -0.05) is 29.8 Å². The fraction of sp³-hybridized carbons (Fsp3) is 0.409. The van der Waals surface area contributed by atoms with Gasteiger partial charge in [0.15, 0.2) is 0 Å². The molecular weight excluding hydrogens is 374 g/mol. The summed E-state index contributed by atoms with van der Waals surface area (Å²) < 4.78 is 5.91. The molecule has 0 aliphatic carbocycles. The van der Waals surface area contributed by atoms with Gasteiger partial charge >= 0.3 is 0 Å². The average molecular weight is 402 g/mol. The van der Waals surface area contributed by atoms with E-state index in [0.29, 0.717) is 23.9 Å². The van der Waals surface area contributed by atoms with E-state index in [9.17, 15) is 4.79 Å². The summed E-state index contributed by atoms with van der Waals surface area (Å²) in [5, 5.41) is 3.44. The van der Waals surface area contributed by atoms with Crippen molar-refractivity contribution in [2.24, 2.45) is 0 Å². The number of amides is 1. The topological polar surface area (TPSA) is 44.8 Å². The number of nitrogens with zero attached hydrogens (tertiary/aromatic N) is 2. The standard InChI is InChI=1S/C22H28ClN3O2/c1-17-13-18(2)15-19(14-17)28-12-11-25-7-9-26(10-8-25)16-22(27)24-21-6-4-3-5-20(21)23/h3-6,13-15H,7-12,16H2,1-2H3,(H,24,27). The van der Waals surface area contributed by atoms with Gasteiger partial charge < -0.3 is 10.1 Å². The molecule has 2 aromatic carbocycles. The maximum Gasteiger partial charge on any atom is 0.238 e. The smallest absolute Gasteiger partial charge is 0.238 e. The van der Waals surface area contributed by atoms with Crippen molar-refractivity contribution in [1.29, 1.82) is 0 Å². The largest absolute Gasteiger partial charge is 0.492 e. The van der Waals surface area contributed by atoms with Crippen LogP contribution in [0.4, 0.5) is 5.69 Å². The van der Waals surface area contributed by atoms with Gasteiger partial charge in [-0.25, -0.2) is 0 Å². The molecule has 1 amide bonds. The summed E-state index contributed by atoms with van der Waals surface area (Å²) in [5.41, 5.74) is 3.11. The number of ether oxygens (including phenoxy) is 1. The Hall–Kier alpha value is -2.08. The van der Waals surface area contributed by atoms with Crippen molar-refractivity contribution >= 4 is 23.2 Å². The van der Waals surface area contributed by atoms with Gasteiger partial charge in [-0.3, -0.25) is 14.6 Å². The molecule has 0 atom stereocenters. The van der Waals surface area contributed by atoms with Crippen LogP contribution >= 0.6 is 11.6 Å². The molecular formula is C22H28ClN3O2. The third-order valence-corrected chi connectivity index (χ3v) is 5.18. The molecule has 2 aromatic rings. The second kappa shape index (κ2) is 9.92. The van der Waals surface area contributed by atoms with Crippen LogP contribution in [0.3, 0.4) is 0 Å². The van der Waals surface area contributed by atoms with Crippen molar-refractivity contribution in [1.82, 2.24) is 9.80 Å². The number of piperazine rings is 1. The first kappa shape index (κ1) is 20.6. The van der Waals surface area contributed by atoms with Crippen LogP contribution in [0, 0.1) is 13.8 Å². The van der Waals surface area contributed by atoms with E-state index < -0.39 is 0 Å². The number of hydrogen-bond donors (Lipinski definition) is 1. The van der Waals surface area contributed by atoms with Crippen molar-refractivity contribution in [3.8, 4) is 5.75 Å². The quantitative estimate of drug-likeness (QED) is 0.770. The van der Waals surface area contributed by atoms with Crippen LogP contribution in [0.15, 0.2) is 42.5 Å². The minimum absolute atomic E-state index is 0.0281. The number of carbonyl (C=O) groups excluding carboxylic acids is 1. The van der Waals surface area contributed by atoms with Gasteiger partial charge in [0.2, 0.25) is 5.91 Å². The monoisotopic (exact) mass is 401 g/mol. The molecule has 150 valence electrons. The number of benzene rings is 2. The molecule has 1 aliphatic heterocycles. The SMILES string of the molecule is Cc1cc(C)cc(OCCN2CCN(CC(=O)Nc3ccccc3Cl)CC2)c1. The number of anilines is 1. The number of nitrogens with one attached hydrogen (secondary N) is 1. The third-order valence-electron chi connectivity index (χ3n) is 4.85. The van der Waals surface area contributed by atoms with E-state index in [-0.39, 0.29) is 5.91 Å². The van der Waals surface area contributed by atoms with Gasteiger partial charge in [-0.05, 0) is 49.2 Å². The second-order valence-electron chi connectivity index (χ2n) is 7.32. The zero-order valence-corrected chi connectivity index (χ0v) is 17.3. The predicted molar refractivity (Wildman–Crippen MR) is 114 cm³/mol. The number of aryl methyl sites for hydroxylation is 2. The zero-order valence-electron chi connectivity index (χ0n) is 16.6. The summed E-state index contributed by atoms with van der Waals surface area (Å²) in [4.78, 5) is 16.8. The third kappa shape index (κ3) is 6.23. The lowest BCUT2D eigenvalue weighted by Crippen LogP contribution is -2.49. The van der Waals surface area contributed by atoms with E-state index in [1.165, 1.54) is 11.1 Å². The number of para-hydroxylation sites is 1. The molecule has 0 aromatic heterocycles. The van der Waals surface area contributed by atoms with Gasteiger partial charge in [0.25, 0.3) is 0 Å². The second-order valence-corrected chi connectivity index (χ2v) is 7.72. The Morgan fingerprint density at radius 1 is 1.04 bits per heavy atom. The number of rotatable bonds is 7. The molecule has 0 spiro atoms. The lowest BCUT2D eigenvalue weighted by atomic mass is 10.1. The van der Waals surface area contributed by atoms with Gasteiger partial charge in [0.1, 0.15) is 12.4 Å². The molecule has 1 heterocycles. The van der Waals surface area contributed by atoms with Gasteiger partial charge in [0.05, 0.1) is 17.3 Å². The molecule has 0 saturated carbocycles. The van der Waals surface area contributed by atoms with Crippen LogP contribution < -0.4 is 10.1 Å². The van der Waals surface area contributed by atoms with Crippen molar-refractivity contribution in [2.45, 2.75) is 13.8 Å². The van der Waals surface area contributed by atoms with E-state index in [4.69, 9.17) is 16.3 Å². The van der Waals surface area contributed by atoms with Crippen LogP contribution in [0.2, 0.25) is 5.02 Å². The van der Waals surface area contributed by atoms with Crippen molar-refractivity contribution in [3.63, 3.8) is 0 Å². The Morgan fingerprint density at radius 2 is 1.68 bits per heavy atom. The van der Waals surface area contributed by atoms with Crippen LogP contribution in [-0.2, 0) is 4.79 Å². The number of halogens is 1. The molecule has 3 rings (SSSR count). The Labute approximate surface area is 172 Å². The molecule has 1 fully saturated rings. The first-order chi connectivity index (χ1) is 13.5. The van der Waals surface area contributed by atoms with E-state index in [1.807, 2.05) is 18.2 Å². The van der Waals surface area contributed by atoms with Gasteiger partial charge in [-0.15, -0.1) is 0 Å². The summed E-state index contributed by atoms with van der Waals surface area (Å²) in [6.07, 6.45) is 0. The lowest BCUT2D eigenvalue weighted by Gasteiger charge is -2.34. The fourth-order valence-electron chi connectivity index (χ4n) is 3.44. The van der Waals surface area contributed by atoms with Crippen LogP contribution in [0.5, 0.6) is 5.75 Å². The first-order valence-corrected chi connectivity index (χ1v) is 10.1. The Kier molecular flexibility index (Phi) is 7.31. The molecule has 6 heteroatoms. The van der Waals surface area contributed by atoms with Crippen LogP contribution in [0.1, 0.15) is 11.1 Å². The molecule has 1 aliphatic rings. The molecule has 5 nitrogen and oxygen atoms in total. The van der Waals surface area contributed by atoms with Gasteiger partial charge in [0, 0.05) is 32.7 Å². The highest BCUT2D eigenvalue weighted by molar-refractivity contribution is 6.33. The van der Waals surface area contributed by atoms with Crippen LogP contribution in [0.25, 0.3) is 0 Å². The Morgan fingerprint density at radius 3 is 2.36 bits per heavy atom. The fourth-order valence-corrected chi connectivity index (χ4v) is 3.62. The minimum Gasteiger partial charge on any atom is -0.492 e. The predicted octanol–water partition coefficient (Wildman–Crippen LogP) is 3.59. The molecule has 0 radical (unpaired) electrons. The van der Waals surface area contributed by atoms with Gasteiger partial charge in [-0.2, -0.15) is 0 Å². The number of hydrogen-bond acceptors (Lipinski definition) is 4. The Bertz CT molecular complexity index is 784. The van der Waals surface area contributed by atoms with E-state index in [1.54, 1.807) is 6.07 Å². The number of carbonyl (C=O) groups is 1. The van der Waals surface area contributed by atoms with E-state index in [2.05, 4.69) is 47.2 Å². The van der Waals surface area contributed by atoms with Crippen molar-refractivity contribution in [2.75, 3.05) is 51.2 Å². The molecule has 28 heavy (non-hydrogen) atoms. The van der Waals surface area contributed by atoms with Crippen molar-refractivity contribution in [3.05, 3.63) is 58.6 Å². The lowest BCUT2D eigenvalue weighted by molar-refractivity contribution is -0.117. The van der Waals surface area contributed by atoms with Crippen LogP contribution in [-0.4, -0.2) is 61.6 Å². The maximum absolute atomic E-state index is 12.3. The van der Waals surface area contributed by atoms with E-state index in [0.717, 1.165) is 38.5 Å². The molecule has 1 N–H and O–H groups in total. The normalized spacial score (nSPS) is 15.4. The summed E-state index contributed by atoms with van der Waals surface area (Å²) in [7, 11) is 0. The summed E-state index contributed by atoms with van der Waals surface area (Å²) in [6.45, 7) is 9.76. The summed E-state index contributed by atoms with van der Waals surface area (Å²) in [6, 6.07) is 13.6.